The van der Waals surface area contributed by atoms with E-state index in [-0.39, 0.29) is 29.8 Å². The maximum absolute atomic E-state index is 13.5. The van der Waals surface area contributed by atoms with Crippen molar-refractivity contribution in [1.82, 2.24) is 20.4 Å². The van der Waals surface area contributed by atoms with Gasteiger partial charge in [0, 0.05) is 31.2 Å². The summed E-state index contributed by atoms with van der Waals surface area (Å²) in [6.45, 7) is 11.2. The molecule has 2 fully saturated rings. The lowest BCUT2D eigenvalue weighted by Crippen LogP contribution is -2.52. The van der Waals surface area contributed by atoms with Gasteiger partial charge in [0.15, 0.2) is 0 Å². The summed E-state index contributed by atoms with van der Waals surface area (Å²) >= 11 is 0. The predicted octanol–water partition coefficient (Wildman–Crippen LogP) is 2.76. The van der Waals surface area contributed by atoms with Crippen molar-refractivity contribution in [3.8, 4) is 0 Å². The molecule has 0 unspecified atom stereocenters. The number of carbonyl (C=O) groups is 1. The SMILES string of the molecule is CCCN1CCC(N2C[C@@H](NCc3cccc(F)c3)C[C@H]2C(=O)NC(C)C)CC1. The van der Waals surface area contributed by atoms with Crippen LogP contribution in [-0.4, -0.2) is 66.1 Å². The van der Waals surface area contributed by atoms with E-state index in [1.54, 1.807) is 12.1 Å². The van der Waals surface area contributed by atoms with Crippen LogP contribution < -0.4 is 10.6 Å². The number of carbonyl (C=O) groups excluding carboxylic acids is 1. The number of piperidine rings is 1. The molecule has 0 saturated carbocycles. The molecule has 5 nitrogen and oxygen atoms in total. The summed E-state index contributed by atoms with van der Waals surface area (Å²) in [7, 11) is 0. The highest BCUT2D eigenvalue weighted by Gasteiger charge is 2.41. The van der Waals surface area contributed by atoms with Crippen LogP contribution in [0.15, 0.2) is 24.3 Å². The van der Waals surface area contributed by atoms with E-state index < -0.39 is 0 Å². The van der Waals surface area contributed by atoms with Crippen molar-refractivity contribution >= 4 is 5.91 Å². The van der Waals surface area contributed by atoms with Crippen molar-refractivity contribution in [3.05, 3.63) is 35.6 Å². The highest BCUT2D eigenvalue weighted by molar-refractivity contribution is 5.82. The summed E-state index contributed by atoms with van der Waals surface area (Å²) in [6, 6.07) is 7.51. The molecule has 6 heteroatoms. The van der Waals surface area contributed by atoms with Gasteiger partial charge in [-0.1, -0.05) is 19.1 Å². The number of halogens is 1. The quantitative estimate of drug-likeness (QED) is 0.700. The fourth-order valence-electron chi connectivity index (χ4n) is 4.75. The molecule has 1 aromatic rings. The summed E-state index contributed by atoms with van der Waals surface area (Å²) in [4.78, 5) is 17.9. The first-order valence-corrected chi connectivity index (χ1v) is 11.2. The van der Waals surface area contributed by atoms with Crippen LogP contribution in [0.2, 0.25) is 0 Å². The first-order chi connectivity index (χ1) is 14.0. The Morgan fingerprint density at radius 1 is 1.28 bits per heavy atom. The van der Waals surface area contributed by atoms with Crippen LogP contribution in [-0.2, 0) is 11.3 Å². The van der Waals surface area contributed by atoms with Crippen LogP contribution in [0.4, 0.5) is 4.39 Å². The number of rotatable bonds is 8. The Morgan fingerprint density at radius 3 is 2.69 bits per heavy atom. The third kappa shape index (κ3) is 6.24. The fourth-order valence-corrected chi connectivity index (χ4v) is 4.75. The van der Waals surface area contributed by atoms with Gasteiger partial charge in [0.05, 0.1) is 6.04 Å². The molecule has 2 atom stereocenters. The zero-order chi connectivity index (χ0) is 20.8. The number of nitrogens with one attached hydrogen (secondary N) is 2. The minimum Gasteiger partial charge on any atom is -0.353 e. The topological polar surface area (TPSA) is 47.6 Å². The predicted molar refractivity (Wildman–Crippen MR) is 115 cm³/mol. The second kappa shape index (κ2) is 10.5. The maximum atomic E-state index is 13.5. The Bertz CT molecular complexity index is 660. The van der Waals surface area contributed by atoms with Gasteiger partial charge >= 0.3 is 0 Å². The number of hydrogen-bond acceptors (Lipinski definition) is 4. The summed E-state index contributed by atoms with van der Waals surface area (Å²) < 4.78 is 13.5. The van der Waals surface area contributed by atoms with Gasteiger partial charge in [-0.2, -0.15) is 0 Å². The fraction of sp³-hybridized carbons (Fsp3) is 0.696. The number of benzene rings is 1. The second-order valence-electron chi connectivity index (χ2n) is 8.89. The van der Waals surface area contributed by atoms with Gasteiger partial charge in [0.25, 0.3) is 0 Å². The van der Waals surface area contributed by atoms with E-state index in [4.69, 9.17) is 0 Å². The molecule has 29 heavy (non-hydrogen) atoms. The Balaban J connectivity index is 1.61. The van der Waals surface area contributed by atoms with Crippen LogP contribution in [0.25, 0.3) is 0 Å². The van der Waals surface area contributed by atoms with Crippen LogP contribution >= 0.6 is 0 Å². The van der Waals surface area contributed by atoms with Gasteiger partial charge in [0.2, 0.25) is 5.91 Å². The Morgan fingerprint density at radius 2 is 2.03 bits per heavy atom. The minimum atomic E-state index is -0.203. The van der Waals surface area contributed by atoms with Crippen molar-refractivity contribution in [3.63, 3.8) is 0 Å². The molecule has 0 spiro atoms. The molecular weight excluding hydrogens is 367 g/mol. The number of amides is 1. The molecule has 162 valence electrons. The summed E-state index contributed by atoms with van der Waals surface area (Å²) in [5.41, 5.74) is 0.944. The van der Waals surface area contributed by atoms with Crippen LogP contribution in [0.1, 0.15) is 52.0 Å². The van der Waals surface area contributed by atoms with Crippen molar-refractivity contribution in [2.45, 2.75) is 77.2 Å². The molecule has 0 radical (unpaired) electrons. The number of likely N-dealkylation sites (tertiary alicyclic amines) is 2. The smallest absolute Gasteiger partial charge is 0.237 e. The highest BCUT2D eigenvalue weighted by Crippen LogP contribution is 2.27. The van der Waals surface area contributed by atoms with Gasteiger partial charge in [-0.05, 0) is 76.9 Å². The summed E-state index contributed by atoms with van der Waals surface area (Å²) in [6.07, 6.45) is 4.26. The summed E-state index contributed by atoms with van der Waals surface area (Å²) in [5, 5.41) is 6.68. The standard InChI is InChI=1S/C23H37FN4O/c1-4-10-27-11-8-21(9-12-27)28-16-20(14-22(28)23(29)26-17(2)3)25-15-18-6-5-7-19(24)13-18/h5-7,13,17,20-22,25H,4,8-12,14-16H2,1-3H3,(H,26,29)/t20-,22-/m0/s1. The molecule has 1 amide bonds. The number of nitrogens with zero attached hydrogens (tertiary/aromatic N) is 2. The van der Waals surface area contributed by atoms with Crippen molar-refractivity contribution < 1.29 is 9.18 Å². The maximum Gasteiger partial charge on any atom is 0.237 e. The van der Waals surface area contributed by atoms with E-state index in [1.165, 1.54) is 19.0 Å². The van der Waals surface area contributed by atoms with Gasteiger partial charge in [-0.15, -0.1) is 0 Å². The van der Waals surface area contributed by atoms with Gasteiger partial charge in [-0.25, -0.2) is 4.39 Å². The van der Waals surface area contributed by atoms with Gasteiger partial charge in [-0.3, -0.25) is 9.69 Å². The molecule has 0 bridgehead atoms. The zero-order valence-electron chi connectivity index (χ0n) is 18.2. The van der Waals surface area contributed by atoms with Crippen molar-refractivity contribution in [2.75, 3.05) is 26.2 Å². The molecule has 2 heterocycles. The average Bonchev–Trinajstić information content (AvgIpc) is 3.11. The third-order valence-corrected chi connectivity index (χ3v) is 6.12. The minimum absolute atomic E-state index is 0.0786. The Hall–Kier alpha value is -1.50. The lowest BCUT2D eigenvalue weighted by molar-refractivity contribution is -0.127. The first-order valence-electron chi connectivity index (χ1n) is 11.2. The van der Waals surface area contributed by atoms with E-state index in [2.05, 4.69) is 27.4 Å². The highest BCUT2D eigenvalue weighted by atomic mass is 19.1. The van der Waals surface area contributed by atoms with Crippen molar-refractivity contribution in [2.24, 2.45) is 0 Å². The normalized spacial score (nSPS) is 24.3. The van der Waals surface area contributed by atoms with E-state index >= 15 is 0 Å². The zero-order valence-corrected chi connectivity index (χ0v) is 18.2. The van der Waals surface area contributed by atoms with E-state index in [9.17, 15) is 9.18 Å². The second-order valence-corrected chi connectivity index (χ2v) is 8.89. The molecule has 0 aromatic heterocycles. The van der Waals surface area contributed by atoms with Gasteiger partial charge < -0.3 is 15.5 Å². The van der Waals surface area contributed by atoms with E-state index in [1.807, 2.05) is 19.9 Å². The Kier molecular flexibility index (Phi) is 8.04. The van der Waals surface area contributed by atoms with Crippen LogP contribution in [0.3, 0.4) is 0 Å². The molecule has 3 rings (SSSR count). The van der Waals surface area contributed by atoms with Crippen LogP contribution in [0.5, 0.6) is 0 Å². The average molecular weight is 405 g/mol. The lowest BCUT2D eigenvalue weighted by Gasteiger charge is -2.39. The molecule has 2 aliphatic heterocycles. The third-order valence-electron chi connectivity index (χ3n) is 6.12. The number of hydrogen-bond donors (Lipinski definition) is 2. The van der Waals surface area contributed by atoms with Crippen LogP contribution in [0, 0.1) is 5.82 Å². The van der Waals surface area contributed by atoms with E-state index in [0.717, 1.165) is 44.5 Å². The first kappa shape index (κ1) is 22.2. The molecule has 0 aliphatic carbocycles. The molecular formula is C23H37FN4O. The lowest BCUT2D eigenvalue weighted by atomic mass is 10.0. The summed E-state index contributed by atoms with van der Waals surface area (Å²) in [5.74, 6) is -0.0589. The molecule has 2 aliphatic rings. The van der Waals surface area contributed by atoms with E-state index in [0.29, 0.717) is 12.6 Å². The van der Waals surface area contributed by atoms with Crippen molar-refractivity contribution in [1.29, 1.82) is 0 Å². The molecule has 2 saturated heterocycles. The Labute approximate surface area is 175 Å². The molecule has 2 N–H and O–H groups in total. The molecule has 1 aromatic carbocycles. The largest absolute Gasteiger partial charge is 0.353 e. The monoisotopic (exact) mass is 404 g/mol. The van der Waals surface area contributed by atoms with Gasteiger partial charge in [0.1, 0.15) is 5.82 Å².